The molecule has 0 unspecified atom stereocenters. The van der Waals surface area contributed by atoms with Crippen LogP contribution in [0.15, 0.2) is 89.3 Å². The van der Waals surface area contributed by atoms with Crippen LogP contribution in [0.5, 0.6) is 0 Å². The molecule has 0 atom stereocenters. The van der Waals surface area contributed by atoms with Crippen LogP contribution in [0.25, 0.3) is 11.0 Å². The van der Waals surface area contributed by atoms with E-state index < -0.39 is 0 Å². The average molecular weight is 295 g/mol. The normalized spacial score (nSPS) is 10.8. The maximum absolute atomic E-state index is 5.76. The molecule has 3 aromatic carbocycles. The number of hydrogen-bond donors (Lipinski definition) is 0. The molecule has 0 N–H and O–H groups in total. The van der Waals surface area contributed by atoms with Crippen LogP contribution in [-0.2, 0) is 0 Å². The number of anilines is 3. The summed E-state index contributed by atoms with van der Waals surface area (Å²) >= 11 is 0. The van der Waals surface area contributed by atoms with Crippen LogP contribution in [0, 0.1) is 0 Å². The highest BCUT2D eigenvalue weighted by atomic mass is 16.3. The first-order chi connectivity index (χ1) is 11.3. The van der Waals surface area contributed by atoms with E-state index in [0.717, 1.165) is 28.0 Å². The van der Waals surface area contributed by atoms with Gasteiger partial charge in [-0.1, -0.05) is 36.4 Å². The van der Waals surface area contributed by atoms with E-state index in [4.69, 9.17) is 12.3 Å². The Balaban J connectivity index is 1.89. The molecule has 108 valence electrons. The van der Waals surface area contributed by atoms with Crippen molar-refractivity contribution in [2.45, 2.75) is 0 Å². The molecule has 2 radical (unpaired) electrons. The van der Waals surface area contributed by atoms with Crippen LogP contribution in [0.3, 0.4) is 0 Å². The maximum atomic E-state index is 5.76. The van der Waals surface area contributed by atoms with Gasteiger partial charge in [-0.25, -0.2) is 0 Å². The summed E-state index contributed by atoms with van der Waals surface area (Å²) in [6.45, 7) is 0. The Morgan fingerprint density at radius 3 is 1.87 bits per heavy atom. The molecule has 0 aliphatic rings. The molecule has 3 heteroatoms. The first-order valence-electron chi connectivity index (χ1n) is 7.50. The summed E-state index contributed by atoms with van der Waals surface area (Å²) in [5.41, 5.74) is 4.51. The average Bonchev–Trinajstić information content (AvgIpc) is 2.96. The summed E-state index contributed by atoms with van der Waals surface area (Å²) < 4.78 is 5.47. The summed E-state index contributed by atoms with van der Waals surface area (Å²) in [5, 5.41) is 0.997. The Hall–Kier alpha value is -2.94. The van der Waals surface area contributed by atoms with Crippen molar-refractivity contribution in [1.29, 1.82) is 0 Å². The Kier molecular flexibility index (Phi) is 3.39. The quantitative estimate of drug-likeness (QED) is 0.509. The summed E-state index contributed by atoms with van der Waals surface area (Å²) in [6.07, 6.45) is 0. The molecule has 0 amide bonds. The fraction of sp³-hybridized carbons (Fsp3) is 0. The largest absolute Gasteiger partial charge is 0.473 e. The van der Waals surface area contributed by atoms with Gasteiger partial charge < -0.3 is 9.32 Å². The van der Waals surface area contributed by atoms with Gasteiger partial charge in [0.1, 0.15) is 5.58 Å². The van der Waals surface area contributed by atoms with E-state index in [1.54, 1.807) is 0 Å². The molecule has 2 nitrogen and oxygen atoms in total. The molecule has 23 heavy (non-hydrogen) atoms. The standard InChI is InChI=1S/C20H14BNO/c21-20-14-15-13-18(11-12-19(15)23-20)22(16-7-3-1-4-8-16)17-9-5-2-6-10-17/h1-14H. The molecule has 0 aliphatic heterocycles. The molecule has 1 heterocycles. The van der Waals surface area contributed by atoms with Gasteiger partial charge in [0, 0.05) is 28.1 Å². The van der Waals surface area contributed by atoms with Gasteiger partial charge in [-0.15, -0.1) is 0 Å². The minimum atomic E-state index is 0.433. The number of benzene rings is 3. The van der Waals surface area contributed by atoms with Crippen LogP contribution >= 0.6 is 0 Å². The fourth-order valence-electron chi connectivity index (χ4n) is 2.79. The van der Waals surface area contributed by atoms with Crippen LogP contribution in [0.2, 0.25) is 0 Å². The van der Waals surface area contributed by atoms with Gasteiger partial charge in [0.2, 0.25) is 0 Å². The van der Waals surface area contributed by atoms with Crippen molar-refractivity contribution in [3.63, 3.8) is 0 Å². The van der Waals surface area contributed by atoms with Gasteiger partial charge in [0.25, 0.3) is 0 Å². The Labute approximate surface area is 136 Å². The Morgan fingerprint density at radius 1 is 0.652 bits per heavy atom. The van der Waals surface area contributed by atoms with Gasteiger partial charge in [-0.3, -0.25) is 0 Å². The summed E-state index contributed by atoms with van der Waals surface area (Å²) in [7, 11) is 5.76. The molecular formula is C20H14BNO. The van der Waals surface area contributed by atoms with Gasteiger partial charge in [0.05, 0.1) is 0 Å². The second kappa shape index (κ2) is 5.69. The molecule has 0 fully saturated rings. The van der Waals surface area contributed by atoms with Crippen molar-refractivity contribution < 1.29 is 4.42 Å². The molecule has 0 spiro atoms. The molecule has 4 rings (SSSR count). The first kappa shape index (κ1) is 13.7. The van der Waals surface area contributed by atoms with Crippen molar-refractivity contribution in [2.24, 2.45) is 0 Å². The highest BCUT2D eigenvalue weighted by molar-refractivity contribution is 6.31. The number of rotatable bonds is 3. The van der Waals surface area contributed by atoms with E-state index in [0.29, 0.717) is 5.66 Å². The molecule has 4 aromatic rings. The van der Waals surface area contributed by atoms with E-state index >= 15 is 0 Å². The minimum Gasteiger partial charge on any atom is -0.473 e. The lowest BCUT2D eigenvalue weighted by Gasteiger charge is -2.25. The highest BCUT2D eigenvalue weighted by Crippen LogP contribution is 2.35. The van der Waals surface area contributed by atoms with E-state index in [1.165, 1.54) is 0 Å². The molecule has 0 saturated heterocycles. The summed E-state index contributed by atoms with van der Waals surface area (Å²) in [4.78, 5) is 2.21. The zero-order valence-electron chi connectivity index (χ0n) is 12.5. The topological polar surface area (TPSA) is 16.4 Å². The van der Waals surface area contributed by atoms with E-state index in [-0.39, 0.29) is 0 Å². The van der Waals surface area contributed by atoms with Crippen LogP contribution in [-0.4, -0.2) is 7.85 Å². The molecule has 0 bridgehead atoms. The number of nitrogens with zero attached hydrogens (tertiary/aromatic N) is 1. The second-order valence-electron chi connectivity index (χ2n) is 5.38. The smallest absolute Gasteiger partial charge is 0.167 e. The van der Waals surface area contributed by atoms with Crippen LogP contribution in [0.4, 0.5) is 17.1 Å². The van der Waals surface area contributed by atoms with Crippen molar-refractivity contribution in [3.8, 4) is 0 Å². The van der Waals surface area contributed by atoms with Crippen LogP contribution < -0.4 is 10.6 Å². The van der Waals surface area contributed by atoms with E-state index in [2.05, 4.69) is 35.2 Å². The first-order valence-corrected chi connectivity index (χ1v) is 7.50. The number of furan rings is 1. The van der Waals surface area contributed by atoms with Crippen LogP contribution in [0.1, 0.15) is 0 Å². The third-order valence-corrected chi connectivity index (χ3v) is 3.81. The second-order valence-corrected chi connectivity index (χ2v) is 5.38. The van der Waals surface area contributed by atoms with E-state index in [1.807, 2.05) is 54.6 Å². The number of para-hydroxylation sites is 2. The number of hydrogen-bond acceptors (Lipinski definition) is 2. The fourth-order valence-corrected chi connectivity index (χ4v) is 2.79. The lowest BCUT2D eigenvalue weighted by Crippen LogP contribution is -2.09. The SMILES string of the molecule is [B]c1cc2cc(N(c3ccccc3)c3ccccc3)ccc2o1. The lowest BCUT2D eigenvalue weighted by molar-refractivity contribution is 0.653. The summed E-state index contributed by atoms with van der Waals surface area (Å²) in [6, 6.07) is 28.6. The van der Waals surface area contributed by atoms with Crippen molar-refractivity contribution in [2.75, 3.05) is 4.90 Å². The molecule has 0 saturated carbocycles. The Bertz CT molecular complexity index is 892. The third kappa shape index (κ3) is 2.62. The van der Waals surface area contributed by atoms with Crippen molar-refractivity contribution in [3.05, 3.63) is 84.9 Å². The minimum absolute atomic E-state index is 0.433. The monoisotopic (exact) mass is 295 g/mol. The van der Waals surface area contributed by atoms with Gasteiger partial charge >= 0.3 is 0 Å². The molecule has 1 aromatic heterocycles. The zero-order chi connectivity index (χ0) is 15.6. The molecule has 0 aliphatic carbocycles. The number of fused-ring (bicyclic) bond motifs is 1. The Morgan fingerprint density at radius 2 is 1.26 bits per heavy atom. The third-order valence-electron chi connectivity index (χ3n) is 3.81. The predicted octanol–water partition coefficient (Wildman–Crippen LogP) is 4.70. The zero-order valence-corrected chi connectivity index (χ0v) is 12.5. The maximum Gasteiger partial charge on any atom is 0.167 e. The predicted molar refractivity (Wildman–Crippen MR) is 96.3 cm³/mol. The lowest BCUT2D eigenvalue weighted by atomic mass is 10.1. The van der Waals surface area contributed by atoms with E-state index in [9.17, 15) is 0 Å². The van der Waals surface area contributed by atoms with Crippen molar-refractivity contribution in [1.82, 2.24) is 0 Å². The highest BCUT2D eigenvalue weighted by Gasteiger charge is 2.12. The van der Waals surface area contributed by atoms with Crippen molar-refractivity contribution >= 4 is 41.5 Å². The summed E-state index contributed by atoms with van der Waals surface area (Å²) in [5.74, 6) is 0. The van der Waals surface area contributed by atoms with Gasteiger partial charge in [0.15, 0.2) is 7.85 Å². The molecular weight excluding hydrogens is 281 g/mol. The van der Waals surface area contributed by atoms with Gasteiger partial charge in [-0.05, 0) is 48.5 Å². The van der Waals surface area contributed by atoms with Gasteiger partial charge in [-0.2, -0.15) is 0 Å².